The molecule has 1 atom stereocenters. The standard InChI is InChI=1S/C17H27N3O2/c1-12-15(13(2)22-19-12)11-18-17(21)20-10-6-9-16(20)14-7-4-3-5-8-14/h14,16H,3-11H2,1-2H3,(H,18,21)/t16-/m0/s1. The van der Waals surface area contributed by atoms with E-state index in [0.29, 0.717) is 18.5 Å². The van der Waals surface area contributed by atoms with Crippen LogP contribution in [0.4, 0.5) is 4.79 Å². The summed E-state index contributed by atoms with van der Waals surface area (Å²) in [4.78, 5) is 14.7. The lowest BCUT2D eigenvalue weighted by Gasteiger charge is -2.34. The number of hydrogen-bond donors (Lipinski definition) is 1. The number of aryl methyl sites for hydroxylation is 2. The Labute approximate surface area is 132 Å². The first-order chi connectivity index (χ1) is 10.7. The molecule has 3 rings (SSSR count). The zero-order valence-corrected chi connectivity index (χ0v) is 13.7. The molecule has 1 N–H and O–H groups in total. The lowest BCUT2D eigenvalue weighted by atomic mass is 9.83. The van der Waals surface area contributed by atoms with Crippen LogP contribution in [0.25, 0.3) is 0 Å². The molecule has 5 heteroatoms. The van der Waals surface area contributed by atoms with E-state index in [-0.39, 0.29) is 6.03 Å². The molecule has 0 radical (unpaired) electrons. The number of likely N-dealkylation sites (tertiary alicyclic amines) is 1. The topological polar surface area (TPSA) is 58.4 Å². The molecule has 5 nitrogen and oxygen atoms in total. The zero-order valence-electron chi connectivity index (χ0n) is 13.7. The molecule has 2 amide bonds. The van der Waals surface area contributed by atoms with Crippen molar-refractivity contribution >= 4 is 6.03 Å². The Morgan fingerprint density at radius 2 is 2.00 bits per heavy atom. The molecule has 0 unspecified atom stereocenters. The van der Waals surface area contributed by atoms with E-state index >= 15 is 0 Å². The van der Waals surface area contributed by atoms with Crippen LogP contribution in [0.1, 0.15) is 62.0 Å². The summed E-state index contributed by atoms with van der Waals surface area (Å²) in [6, 6.07) is 0.526. The van der Waals surface area contributed by atoms with Crippen molar-refractivity contribution in [2.45, 2.75) is 71.4 Å². The Kier molecular flexibility index (Phi) is 4.69. The van der Waals surface area contributed by atoms with Crippen LogP contribution in [0.3, 0.4) is 0 Å². The van der Waals surface area contributed by atoms with Crippen LogP contribution < -0.4 is 5.32 Å². The van der Waals surface area contributed by atoms with Crippen LogP contribution >= 0.6 is 0 Å². The first kappa shape index (κ1) is 15.4. The fourth-order valence-corrected chi connectivity index (χ4v) is 4.07. The molecule has 2 heterocycles. The van der Waals surface area contributed by atoms with Crippen molar-refractivity contribution in [1.29, 1.82) is 0 Å². The van der Waals surface area contributed by atoms with E-state index in [1.807, 2.05) is 13.8 Å². The summed E-state index contributed by atoms with van der Waals surface area (Å²) in [6.07, 6.45) is 8.91. The minimum Gasteiger partial charge on any atom is -0.361 e. The van der Waals surface area contributed by atoms with Crippen LogP contribution in [0.2, 0.25) is 0 Å². The van der Waals surface area contributed by atoms with E-state index in [9.17, 15) is 4.79 Å². The van der Waals surface area contributed by atoms with E-state index in [0.717, 1.165) is 30.0 Å². The van der Waals surface area contributed by atoms with E-state index in [1.54, 1.807) is 0 Å². The molecule has 2 aliphatic rings. The maximum Gasteiger partial charge on any atom is 0.317 e. The van der Waals surface area contributed by atoms with Gasteiger partial charge in [-0.25, -0.2) is 4.79 Å². The minimum atomic E-state index is 0.0769. The van der Waals surface area contributed by atoms with Crippen molar-refractivity contribution in [2.75, 3.05) is 6.54 Å². The Hall–Kier alpha value is -1.52. The van der Waals surface area contributed by atoms with Gasteiger partial charge in [-0.2, -0.15) is 0 Å². The Balaban J connectivity index is 1.59. The van der Waals surface area contributed by atoms with Crippen LogP contribution in [0.15, 0.2) is 4.52 Å². The molecule has 1 aromatic heterocycles. The molecular weight excluding hydrogens is 278 g/mol. The summed E-state index contributed by atoms with van der Waals surface area (Å²) in [5.74, 6) is 1.50. The normalized spacial score (nSPS) is 23.0. The number of hydrogen-bond acceptors (Lipinski definition) is 3. The van der Waals surface area contributed by atoms with E-state index in [1.165, 1.54) is 38.5 Å². The second kappa shape index (κ2) is 6.71. The fraction of sp³-hybridized carbons (Fsp3) is 0.765. The average Bonchev–Trinajstić information content (AvgIpc) is 3.14. The lowest BCUT2D eigenvalue weighted by Crippen LogP contribution is -2.45. The van der Waals surface area contributed by atoms with Gasteiger partial charge in [0.2, 0.25) is 0 Å². The van der Waals surface area contributed by atoms with Gasteiger partial charge < -0.3 is 14.7 Å². The molecule has 122 valence electrons. The van der Waals surface area contributed by atoms with Crippen LogP contribution in [-0.4, -0.2) is 28.7 Å². The number of carbonyl (C=O) groups is 1. The third-order valence-corrected chi connectivity index (χ3v) is 5.35. The van der Waals surface area contributed by atoms with E-state index < -0.39 is 0 Å². The third kappa shape index (κ3) is 3.13. The number of nitrogens with one attached hydrogen (secondary N) is 1. The zero-order chi connectivity index (χ0) is 15.5. The first-order valence-corrected chi connectivity index (χ1v) is 8.63. The van der Waals surface area contributed by atoms with Gasteiger partial charge >= 0.3 is 6.03 Å². The highest BCUT2D eigenvalue weighted by molar-refractivity contribution is 5.75. The molecule has 2 fully saturated rings. The third-order valence-electron chi connectivity index (χ3n) is 5.35. The summed E-state index contributed by atoms with van der Waals surface area (Å²) in [5.41, 5.74) is 1.87. The van der Waals surface area contributed by atoms with Crippen molar-refractivity contribution in [3.8, 4) is 0 Å². The molecule has 1 aliphatic heterocycles. The Bertz CT molecular complexity index is 500. The highest BCUT2D eigenvalue weighted by Crippen LogP contribution is 2.34. The molecule has 0 bridgehead atoms. The fourth-order valence-electron chi connectivity index (χ4n) is 4.07. The maximum absolute atomic E-state index is 12.6. The largest absolute Gasteiger partial charge is 0.361 e. The average molecular weight is 305 g/mol. The van der Waals surface area contributed by atoms with Gasteiger partial charge in [0, 0.05) is 24.7 Å². The second-order valence-electron chi connectivity index (χ2n) is 6.76. The van der Waals surface area contributed by atoms with Gasteiger partial charge in [0.15, 0.2) is 0 Å². The Morgan fingerprint density at radius 1 is 1.23 bits per heavy atom. The van der Waals surface area contributed by atoms with E-state index in [4.69, 9.17) is 4.52 Å². The molecular formula is C17H27N3O2. The highest BCUT2D eigenvalue weighted by atomic mass is 16.5. The molecule has 1 aliphatic carbocycles. The number of amides is 2. The number of nitrogens with zero attached hydrogens (tertiary/aromatic N) is 2. The van der Waals surface area contributed by atoms with Crippen molar-refractivity contribution in [3.05, 3.63) is 17.0 Å². The van der Waals surface area contributed by atoms with Gasteiger partial charge in [-0.3, -0.25) is 0 Å². The SMILES string of the molecule is Cc1noc(C)c1CNC(=O)N1CCC[C@H]1C1CCCCC1. The molecule has 22 heavy (non-hydrogen) atoms. The molecule has 0 aromatic carbocycles. The van der Waals surface area contributed by atoms with Crippen molar-refractivity contribution in [2.24, 2.45) is 5.92 Å². The predicted molar refractivity (Wildman–Crippen MR) is 84.5 cm³/mol. The predicted octanol–water partition coefficient (Wildman–Crippen LogP) is 3.55. The number of aromatic nitrogens is 1. The summed E-state index contributed by atoms with van der Waals surface area (Å²) >= 11 is 0. The summed E-state index contributed by atoms with van der Waals surface area (Å²) in [7, 11) is 0. The quantitative estimate of drug-likeness (QED) is 0.929. The lowest BCUT2D eigenvalue weighted by molar-refractivity contribution is 0.156. The molecule has 1 saturated carbocycles. The monoisotopic (exact) mass is 305 g/mol. The van der Waals surface area contributed by atoms with Gasteiger partial charge in [-0.05, 0) is 45.4 Å². The number of urea groups is 1. The summed E-state index contributed by atoms with van der Waals surface area (Å²) in [6.45, 7) is 5.21. The molecule has 1 aromatic rings. The summed E-state index contributed by atoms with van der Waals surface area (Å²) in [5, 5.41) is 7.00. The summed E-state index contributed by atoms with van der Waals surface area (Å²) < 4.78 is 5.15. The minimum absolute atomic E-state index is 0.0769. The maximum atomic E-state index is 12.6. The first-order valence-electron chi connectivity index (χ1n) is 8.63. The highest BCUT2D eigenvalue weighted by Gasteiger charge is 2.35. The van der Waals surface area contributed by atoms with Crippen molar-refractivity contribution in [3.63, 3.8) is 0 Å². The van der Waals surface area contributed by atoms with Crippen LogP contribution in [0.5, 0.6) is 0 Å². The van der Waals surface area contributed by atoms with Gasteiger partial charge in [-0.15, -0.1) is 0 Å². The number of rotatable bonds is 3. The van der Waals surface area contributed by atoms with Gasteiger partial charge in [0.25, 0.3) is 0 Å². The van der Waals surface area contributed by atoms with Crippen LogP contribution in [0, 0.1) is 19.8 Å². The van der Waals surface area contributed by atoms with Gasteiger partial charge in [0.05, 0.1) is 5.69 Å². The van der Waals surface area contributed by atoms with Gasteiger partial charge in [0.1, 0.15) is 5.76 Å². The van der Waals surface area contributed by atoms with Crippen molar-refractivity contribution in [1.82, 2.24) is 15.4 Å². The van der Waals surface area contributed by atoms with Crippen molar-refractivity contribution < 1.29 is 9.32 Å². The van der Waals surface area contributed by atoms with E-state index in [2.05, 4.69) is 15.4 Å². The smallest absolute Gasteiger partial charge is 0.317 e. The molecule has 1 saturated heterocycles. The number of carbonyl (C=O) groups excluding carboxylic acids is 1. The molecule has 0 spiro atoms. The Morgan fingerprint density at radius 3 is 2.68 bits per heavy atom. The van der Waals surface area contributed by atoms with Gasteiger partial charge in [-0.1, -0.05) is 24.4 Å². The van der Waals surface area contributed by atoms with Crippen LogP contribution in [-0.2, 0) is 6.54 Å². The second-order valence-corrected chi connectivity index (χ2v) is 6.76.